The number of sulfonamides is 2. The van der Waals surface area contributed by atoms with E-state index in [4.69, 9.17) is 10.5 Å². The van der Waals surface area contributed by atoms with Crippen molar-refractivity contribution < 1.29 is 26.4 Å². The maximum atomic E-state index is 11.7. The largest absolute Gasteiger partial charge is 0.444 e. The third-order valence-corrected chi connectivity index (χ3v) is 8.93. The van der Waals surface area contributed by atoms with E-state index in [1.54, 1.807) is 48.5 Å². The molecule has 0 unspecified atom stereocenters. The number of nitrogens with one attached hydrogen (secondary N) is 3. The summed E-state index contributed by atoms with van der Waals surface area (Å²) >= 11 is 0. The molecule has 2 aliphatic rings. The SMILES string of the molecule is CNS(=O)(=O)c1ccc(N2CC(N)C2)cc1.CNS(=O)(=O)c1ccc(N2CC(NC(=O)OC(C)(C)C)C2)cc1. The second-order valence-corrected chi connectivity index (χ2v) is 14.1. The molecule has 0 bridgehead atoms. The Labute approximate surface area is 231 Å². The average molecular weight is 583 g/mol. The van der Waals surface area contributed by atoms with Crippen LogP contribution in [-0.4, -0.2) is 80.9 Å². The summed E-state index contributed by atoms with van der Waals surface area (Å²) in [5.41, 5.74) is 7.10. The first-order chi connectivity index (χ1) is 18.1. The van der Waals surface area contributed by atoms with Gasteiger partial charge in [0.25, 0.3) is 0 Å². The summed E-state index contributed by atoms with van der Waals surface area (Å²) in [7, 11) is -3.97. The van der Waals surface area contributed by atoms with E-state index in [-0.39, 0.29) is 21.9 Å². The van der Waals surface area contributed by atoms with Crippen LogP contribution in [0.2, 0.25) is 0 Å². The fourth-order valence-electron chi connectivity index (χ4n) is 3.89. The van der Waals surface area contributed by atoms with Gasteiger partial charge >= 0.3 is 6.09 Å². The number of hydrogen-bond donors (Lipinski definition) is 4. The van der Waals surface area contributed by atoms with Gasteiger partial charge in [0.1, 0.15) is 5.60 Å². The topological polar surface area (TPSA) is 163 Å². The van der Waals surface area contributed by atoms with Gasteiger partial charge in [0.2, 0.25) is 20.0 Å². The summed E-state index contributed by atoms with van der Waals surface area (Å²) in [6.45, 7) is 8.45. The minimum absolute atomic E-state index is 0.0329. The molecule has 2 aliphatic heterocycles. The van der Waals surface area contributed by atoms with Crippen molar-refractivity contribution in [1.82, 2.24) is 14.8 Å². The Morgan fingerprint density at radius 2 is 1.18 bits per heavy atom. The number of hydrogen-bond acceptors (Lipinski definition) is 9. The number of ether oxygens (including phenoxy) is 1. The summed E-state index contributed by atoms with van der Waals surface area (Å²) in [6, 6.07) is 13.7. The highest BCUT2D eigenvalue weighted by atomic mass is 32.2. The molecular weight excluding hydrogens is 544 g/mol. The Kier molecular flexibility index (Phi) is 9.49. The predicted molar refractivity (Wildman–Crippen MR) is 151 cm³/mol. The highest BCUT2D eigenvalue weighted by molar-refractivity contribution is 7.89. The lowest BCUT2D eigenvalue weighted by Gasteiger charge is -2.41. The number of alkyl carbamates (subject to hydrolysis) is 1. The van der Waals surface area contributed by atoms with Crippen molar-refractivity contribution in [3.05, 3.63) is 48.5 Å². The molecule has 0 spiro atoms. The monoisotopic (exact) mass is 582 g/mol. The van der Waals surface area contributed by atoms with E-state index >= 15 is 0 Å². The molecule has 4 rings (SSSR count). The number of nitrogens with two attached hydrogens (primary N) is 1. The van der Waals surface area contributed by atoms with Crippen molar-refractivity contribution in [3.8, 4) is 0 Å². The van der Waals surface area contributed by atoms with E-state index < -0.39 is 31.7 Å². The fourth-order valence-corrected chi connectivity index (χ4v) is 5.35. The first-order valence-corrected chi connectivity index (χ1v) is 15.4. The Morgan fingerprint density at radius 1 is 0.795 bits per heavy atom. The number of nitrogens with zero attached hydrogens (tertiary/aromatic N) is 2. The molecular formula is C25H38N6O6S2. The molecule has 5 N–H and O–H groups in total. The second-order valence-electron chi connectivity index (χ2n) is 10.3. The van der Waals surface area contributed by atoms with Crippen LogP contribution >= 0.6 is 0 Å². The van der Waals surface area contributed by atoms with E-state index in [2.05, 4.69) is 24.6 Å². The van der Waals surface area contributed by atoms with Gasteiger partial charge in [-0.15, -0.1) is 0 Å². The zero-order chi connectivity index (χ0) is 29.0. The molecule has 0 radical (unpaired) electrons. The van der Waals surface area contributed by atoms with E-state index in [1.807, 2.05) is 20.8 Å². The Balaban J connectivity index is 0.000000230. The van der Waals surface area contributed by atoms with Crippen LogP contribution in [0.1, 0.15) is 20.8 Å². The first kappa shape index (κ1) is 30.6. The smallest absolute Gasteiger partial charge is 0.407 e. The Morgan fingerprint density at radius 3 is 1.51 bits per heavy atom. The van der Waals surface area contributed by atoms with Crippen molar-refractivity contribution in [1.29, 1.82) is 0 Å². The van der Waals surface area contributed by atoms with Crippen LogP contribution in [0, 0.1) is 0 Å². The third kappa shape index (κ3) is 8.29. The van der Waals surface area contributed by atoms with Gasteiger partial charge in [0, 0.05) is 43.6 Å². The summed E-state index contributed by atoms with van der Waals surface area (Å²) < 4.78 is 56.0. The third-order valence-electron chi connectivity index (χ3n) is 6.07. The molecule has 2 aromatic rings. The fraction of sp³-hybridized carbons (Fsp3) is 0.480. The molecule has 14 heteroatoms. The zero-order valence-corrected chi connectivity index (χ0v) is 24.5. The number of rotatable bonds is 7. The molecule has 2 fully saturated rings. The van der Waals surface area contributed by atoms with Crippen LogP contribution in [0.25, 0.3) is 0 Å². The summed E-state index contributed by atoms with van der Waals surface area (Å²) in [5, 5.41) is 2.81. The van der Waals surface area contributed by atoms with Gasteiger partial charge in [-0.1, -0.05) is 0 Å². The second kappa shape index (κ2) is 12.1. The van der Waals surface area contributed by atoms with Crippen molar-refractivity contribution in [3.63, 3.8) is 0 Å². The number of carbonyl (C=O) groups is 1. The van der Waals surface area contributed by atoms with E-state index in [0.29, 0.717) is 13.1 Å². The Hall–Kier alpha value is -2.91. The standard InChI is InChI=1S/C15H23N3O4S.C10H15N3O2S/c1-15(2,3)22-14(19)17-11-9-18(10-11)12-5-7-13(8-6-12)23(20,21)16-4;1-12-16(14,15)10-4-2-9(3-5-10)13-6-8(11)7-13/h5-8,11,16H,9-10H2,1-4H3,(H,17,19);2-5,8,12H,6-7,11H2,1H3. The molecule has 39 heavy (non-hydrogen) atoms. The number of anilines is 2. The average Bonchev–Trinajstić information content (AvgIpc) is 2.83. The highest BCUT2D eigenvalue weighted by Gasteiger charge is 2.30. The lowest BCUT2D eigenvalue weighted by molar-refractivity contribution is 0.0496. The molecule has 0 atom stereocenters. The van der Waals surface area contributed by atoms with Crippen molar-refractivity contribution in [2.45, 2.75) is 48.2 Å². The summed E-state index contributed by atoms with van der Waals surface area (Å²) in [6.07, 6.45) is -0.419. The maximum absolute atomic E-state index is 11.7. The molecule has 2 aromatic carbocycles. The molecule has 0 aliphatic carbocycles. The number of amides is 1. The lowest BCUT2D eigenvalue weighted by atomic mass is 10.1. The van der Waals surface area contributed by atoms with Crippen molar-refractivity contribution in [2.24, 2.45) is 5.73 Å². The molecule has 2 heterocycles. The molecule has 216 valence electrons. The van der Waals surface area contributed by atoms with Crippen molar-refractivity contribution in [2.75, 3.05) is 50.1 Å². The van der Waals surface area contributed by atoms with E-state index in [0.717, 1.165) is 24.5 Å². The van der Waals surface area contributed by atoms with Crippen LogP contribution in [-0.2, 0) is 24.8 Å². The van der Waals surface area contributed by atoms with Gasteiger partial charge in [-0.05, 0) is 83.4 Å². The maximum Gasteiger partial charge on any atom is 0.407 e. The van der Waals surface area contributed by atoms with Gasteiger partial charge in [-0.25, -0.2) is 31.1 Å². The molecule has 0 aromatic heterocycles. The number of carbonyl (C=O) groups excluding carboxylic acids is 1. The van der Waals surface area contributed by atoms with Crippen LogP contribution in [0.4, 0.5) is 16.2 Å². The van der Waals surface area contributed by atoms with Gasteiger partial charge in [0.15, 0.2) is 0 Å². The minimum Gasteiger partial charge on any atom is -0.444 e. The van der Waals surface area contributed by atoms with Gasteiger partial charge in [-0.3, -0.25) is 0 Å². The predicted octanol–water partition coefficient (Wildman–Crippen LogP) is 1.05. The Bertz CT molecular complexity index is 1330. The highest BCUT2D eigenvalue weighted by Crippen LogP contribution is 2.23. The summed E-state index contributed by atoms with van der Waals surface area (Å²) in [4.78, 5) is 16.3. The van der Waals surface area contributed by atoms with Crippen molar-refractivity contribution >= 4 is 37.5 Å². The summed E-state index contributed by atoms with van der Waals surface area (Å²) in [5.74, 6) is 0. The quantitative estimate of drug-likeness (QED) is 0.374. The van der Waals surface area contributed by atoms with Gasteiger partial charge in [-0.2, -0.15) is 0 Å². The lowest BCUT2D eigenvalue weighted by Crippen LogP contribution is -2.60. The molecule has 2 saturated heterocycles. The van der Waals surface area contributed by atoms with Crippen LogP contribution in [0.5, 0.6) is 0 Å². The molecule has 1 amide bonds. The normalized spacial score (nSPS) is 16.5. The van der Waals surface area contributed by atoms with Gasteiger partial charge in [0.05, 0.1) is 15.8 Å². The minimum atomic E-state index is -3.42. The van der Waals surface area contributed by atoms with E-state index in [1.165, 1.54) is 14.1 Å². The van der Waals surface area contributed by atoms with Crippen LogP contribution < -0.4 is 30.3 Å². The van der Waals surface area contributed by atoms with E-state index in [9.17, 15) is 21.6 Å². The first-order valence-electron chi connectivity index (χ1n) is 12.5. The molecule has 0 saturated carbocycles. The van der Waals surface area contributed by atoms with Crippen LogP contribution in [0.15, 0.2) is 58.3 Å². The van der Waals surface area contributed by atoms with Gasteiger partial charge < -0.3 is 25.6 Å². The molecule has 12 nitrogen and oxygen atoms in total. The zero-order valence-electron chi connectivity index (χ0n) is 22.8. The number of benzene rings is 2. The van der Waals surface area contributed by atoms with Crippen LogP contribution in [0.3, 0.4) is 0 Å².